The third kappa shape index (κ3) is 2.76. The molecule has 2 aliphatic heterocycles. The van der Waals surface area contributed by atoms with Crippen LogP contribution in [-0.4, -0.2) is 37.0 Å². The minimum absolute atomic E-state index is 0.0127. The zero-order valence-electron chi connectivity index (χ0n) is 10.8. The molecule has 1 aromatic carbocycles. The summed E-state index contributed by atoms with van der Waals surface area (Å²) in [6.07, 6.45) is 2.59. The van der Waals surface area contributed by atoms with Crippen molar-refractivity contribution < 1.29 is 4.79 Å². The van der Waals surface area contributed by atoms with Gasteiger partial charge in [-0.15, -0.1) is 0 Å². The number of hydrogen-bond acceptors (Lipinski definition) is 3. The molecule has 0 aliphatic carbocycles. The second kappa shape index (κ2) is 5.49. The van der Waals surface area contributed by atoms with E-state index in [0.717, 1.165) is 24.3 Å². The number of nitrogens with one attached hydrogen (secondary N) is 2. The largest absolute Gasteiger partial charge is 0.324 e. The fourth-order valence-corrected chi connectivity index (χ4v) is 2.99. The van der Waals surface area contributed by atoms with Crippen molar-refractivity contribution in [1.82, 2.24) is 10.2 Å². The van der Waals surface area contributed by atoms with Crippen LogP contribution in [-0.2, 0) is 4.79 Å². The van der Waals surface area contributed by atoms with Gasteiger partial charge in [0.25, 0.3) is 0 Å². The number of likely N-dealkylation sites (tertiary alicyclic amines) is 1. The first-order chi connectivity index (χ1) is 9.24. The molecule has 0 bridgehead atoms. The number of fused-ring (bicyclic) bond motifs is 1. The standard InChI is InChI=1S/C14H18ClN3O/c15-10-3-4-12-11(9-10)13(14(19)17-12)16-5-8-18-6-1-2-7-18/h3-4,9,13,16H,1-2,5-8H2,(H,17,19). The van der Waals surface area contributed by atoms with E-state index < -0.39 is 0 Å². The highest BCUT2D eigenvalue weighted by Crippen LogP contribution is 2.32. The van der Waals surface area contributed by atoms with Gasteiger partial charge in [0.15, 0.2) is 0 Å². The number of halogens is 1. The van der Waals surface area contributed by atoms with Gasteiger partial charge in [0.05, 0.1) is 0 Å². The molecular weight excluding hydrogens is 262 g/mol. The third-order valence-electron chi connectivity index (χ3n) is 3.82. The number of rotatable bonds is 4. The maximum absolute atomic E-state index is 11.9. The molecule has 2 N–H and O–H groups in total. The Morgan fingerprint density at radius 2 is 2.16 bits per heavy atom. The summed E-state index contributed by atoms with van der Waals surface area (Å²) in [4.78, 5) is 14.4. The van der Waals surface area contributed by atoms with E-state index in [2.05, 4.69) is 15.5 Å². The van der Waals surface area contributed by atoms with E-state index in [1.165, 1.54) is 25.9 Å². The number of anilines is 1. The van der Waals surface area contributed by atoms with Crippen LogP contribution >= 0.6 is 11.6 Å². The lowest BCUT2D eigenvalue weighted by Gasteiger charge is -2.17. The molecule has 1 amide bonds. The van der Waals surface area contributed by atoms with E-state index >= 15 is 0 Å². The van der Waals surface area contributed by atoms with Crippen LogP contribution in [0.25, 0.3) is 0 Å². The SMILES string of the molecule is O=C1Nc2ccc(Cl)cc2C1NCCN1CCCC1. The molecule has 0 spiro atoms. The van der Waals surface area contributed by atoms with Gasteiger partial charge in [0.2, 0.25) is 5.91 Å². The number of amides is 1. The number of carbonyl (C=O) groups excluding carboxylic acids is 1. The zero-order chi connectivity index (χ0) is 13.2. The highest BCUT2D eigenvalue weighted by atomic mass is 35.5. The van der Waals surface area contributed by atoms with E-state index in [1.54, 1.807) is 6.07 Å². The third-order valence-corrected chi connectivity index (χ3v) is 4.05. The molecule has 1 fully saturated rings. The number of carbonyl (C=O) groups is 1. The van der Waals surface area contributed by atoms with Crippen LogP contribution in [0.5, 0.6) is 0 Å². The van der Waals surface area contributed by atoms with Crippen LogP contribution in [0.15, 0.2) is 18.2 Å². The molecule has 1 aromatic rings. The Balaban J connectivity index is 1.61. The van der Waals surface area contributed by atoms with Gasteiger partial charge in [-0.2, -0.15) is 0 Å². The van der Waals surface area contributed by atoms with E-state index in [4.69, 9.17) is 11.6 Å². The summed E-state index contributed by atoms with van der Waals surface area (Å²) >= 11 is 6.00. The number of hydrogen-bond donors (Lipinski definition) is 2. The molecule has 0 saturated carbocycles. The molecule has 4 nitrogen and oxygen atoms in total. The van der Waals surface area contributed by atoms with Gasteiger partial charge in [-0.25, -0.2) is 0 Å². The smallest absolute Gasteiger partial charge is 0.246 e. The van der Waals surface area contributed by atoms with Crippen LogP contribution in [0.4, 0.5) is 5.69 Å². The van der Waals surface area contributed by atoms with Crippen molar-refractivity contribution in [1.29, 1.82) is 0 Å². The Morgan fingerprint density at radius 3 is 2.95 bits per heavy atom. The van der Waals surface area contributed by atoms with Crippen molar-refractivity contribution in [3.8, 4) is 0 Å². The number of benzene rings is 1. The quantitative estimate of drug-likeness (QED) is 0.886. The van der Waals surface area contributed by atoms with Crippen LogP contribution in [0.1, 0.15) is 24.4 Å². The molecule has 2 heterocycles. The molecule has 1 unspecified atom stereocenters. The van der Waals surface area contributed by atoms with Gasteiger partial charge >= 0.3 is 0 Å². The lowest BCUT2D eigenvalue weighted by Crippen LogP contribution is -2.34. The average molecular weight is 280 g/mol. The molecule has 19 heavy (non-hydrogen) atoms. The summed E-state index contributed by atoms with van der Waals surface area (Å²) in [6.45, 7) is 4.19. The molecule has 5 heteroatoms. The van der Waals surface area contributed by atoms with Crippen LogP contribution < -0.4 is 10.6 Å². The summed E-state index contributed by atoms with van der Waals surface area (Å²) in [5.74, 6) is 0.0127. The van der Waals surface area contributed by atoms with Gasteiger partial charge in [-0.1, -0.05) is 11.6 Å². The summed E-state index contributed by atoms with van der Waals surface area (Å²) in [7, 11) is 0. The van der Waals surface area contributed by atoms with Crippen molar-refractivity contribution in [2.45, 2.75) is 18.9 Å². The summed E-state index contributed by atoms with van der Waals surface area (Å²) < 4.78 is 0. The number of nitrogens with zero attached hydrogens (tertiary/aromatic N) is 1. The lowest BCUT2D eigenvalue weighted by atomic mass is 10.1. The van der Waals surface area contributed by atoms with E-state index in [-0.39, 0.29) is 11.9 Å². The fourth-order valence-electron chi connectivity index (χ4n) is 2.81. The van der Waals surface area contributed by atoms with Crippen molar-refractivity contribution in [2.75, 3.05) is 31.5 Å². The van der Waals surface area contributed by atoms with Gasteiger partial charge < -0.3 is 15.5 Å². The molecule has 1 saturated heterocycles. The van der Waals surface area contributed by atoms with E-state index in [1.807, 2.05) is 12.1 Å². The molecule has 3 rings (SSSR count). The first-order valence-corrected chi connectivity index (χ1v) is 7.18. The molecule has 0 aromatic heterocycles. The molecule has 1 atom stereocenters. The van der Waals surface area contributed by atoms with Crippen molar-refractivity contribution in [2.24, 2.45) is 0 Å². The van der Waals surface area contributed by atoms with Crippen LogP contribution in [0.3, 0.4) is 0 Å². The normalized spacial score (nSPS) is 22.6. The lowest BCUT2D eigenvalue weighted by molar-refractivity contribution is -0.117. The minimum atomic E-state index is -0.267. The Bertz CT molecular complexity index is 486. The second-order valence-corrected chi connectivity index (χ2v) is 5.59. The topological polar surface area (TPSA) is 44.4 Å². The maximum atomic E-state index is 11.9. The Hall–Kier alpha value is -1.10. The van der Waals surface area contributed by atoms with Gasteiger partial charge in [0.1, 0.15) is 6.04 Å². The minimum Gasteiger partial charge on any atom is -0.324 e. The molecule has 102 valence electrons. The van der Waals surface area contributed by atoms with Crippen LogP contribution in [0, 0.1) is 0 Å². The fraction of sp³-hybridized carbons (Fsp3) is 0.500. The predicted octanol–water partition coefficient (Wildman–Crippen LogP) is 2.02. The van der Waals surface area contributed by atoms with Gasteiger partial charge in [0, 0.05) is 29.4 Å². The Morgan fingerprint density at radius 1 is 1.37 bits per heavy atom. The van der Waals surface area contributed by atoms with Crippen molar-refractivity contribution in [3.63, 3.8) is 0 Å². The van der Waals surface area contributed by atoms with Crippen molar-refractivity contribution >= 4 is 23.2 Å². The Labute approximate surface area is 118 Å². The summed E-state index contributed by atoms with van der Waals surface area (Å²) in [5.41, 5.74) is 1.83. The maximum Gasteiger partial charge on any atom is 0.246 e. The monoisotopic (exact) mass is 279 g/mol. The van der Waals surface area contributed by atoms with E-state index in [9.17, 15) is 4.79 Å². The first kappa shape index (κ1) is 12.9. The van der Waals surface area contributed by atoms with Gasteiger partial charge in [-0.05, 0) is 44.1 Å². The van der Waals surface area contributed by atoms with Crippen molar-refractivity contribution in [3.05, 3.63) is 28.8 Å². The van der Waals surface area contributed by atoms with Gasteiger partial charge in [-0.3, -0.25) is 4.79 Å². The predicted molar refractivity (Wildman–Crippen MR) is 76.5 cm³/mol. The molecule has 2 aliphatic rings. The Kier molecular flexibility index (Phi) is 3.73. The summed E-state index contributed by atoms with van der Waals surface area (Å²) in [5, 5.41) is 6.88. The zero-order valence-corrected chi connectivity index (χ0v) is 11.5. The summed E-state index contributed by atoms with van der Waals surface area (Å²) in [6, 6.07) is 5.25. The highest BCUT2D eigenvalue weighted by Gasteiger charge is 2.30. The van der Waals surface area contributed by atoms with E-state index in [0.29, 0.717) is 5.02 Å². The molecule has 0 radical (unpaired) electrons. The molecular formula is C14H18ClN3O. The average Bonchev–Trinajstić information content (AvgIpc) is 2.99. The second-order valence-electron chi connectivity index (χ2n) is 5.16. The van der Waals surface area contributed by atoms with Crippen LogP contribution in [0.2, 0.25) is 5.02 Å². The first-order valence-electron chi connectivity index (χ1n) is 6.80. The highest BCUT2D eigenvalue weighted by molar-refractivity contribution is 6.31.